The van der Waals surface area contributed by atoms with Gasteiger partial charge in [-0.05, 0) is 91.6 Å². The third-order valence-electron chi connectivity index (χ3n) is 7.62. The Morgan fingerprint density at radius 2 is 1.94 bits per heavy atom. The first-order valence-electron chi connectivity index (χ1n) is 12.4. The molecule has 0 radical (unpaired) electrons. The highest BCUT2D eigenvalue weighted by Crippen LogP contribution is 2.43. The van der Waals surface area contributed by atoms with Gasteiger partial charge in [-0.3, -0.25) is 4.79 Å². The summed E-state index contributed by atoms with van der Waals surface area (Å²) in [5.41, 5.74) is -0.0920. The molecule has 4 rings (SSSR count). The van der Waals surface area contributed by atoms with Crippen molar-refractivity contribution in [3.8, 4) is 5.75 Å². The van der Waals surface area contributed by atoms with E-state index in [0.29, 0.717) is 30.7 Å². The van der Waals surface area contributed by atoms with Crippen LogP contribution in [0.5, 0.6) is 5.75 Å². The second kappa shape index (κ2) is 10.1. The lowest BCUT2D eigenvalue weighted by Crippen LogP contribution is -2.41. The average Bonchev–Trinajstić information content (AvgIpc) is 2.78. The van der Waals surface area contributed by atoms with Gasteiger partial charge < -0.3 is 15.2 Å². The van der Waals surface area contributed by atoms with E-state index in [1.165, 1.54) is 6.07 Å². The molecule has 1 heterocycles. The molecule has 1 saturated carbocycles. The van der Waals surface area contributed by atoms with Crippen LogP contribution in [0.1, 0.15) is 69.4 Å². The molecule has 2 aliphatic rings. The Kier molecular flexibility index (Phi) is 7.41. The first-order valence-corrected chi connectivity index (χ1v) is 12.4. The number of hydrogen-bond acceptors (Lipinski definition) is 3. The van der Waals surface area contributed by atoms with Gasteiger partial charge in [0, 0.05) is 6.54 Å². The van der Waals surface area contributed by atoms with Crippen molar-refractivity contribution in [3.63, 3.8) is 0 Å². The van der Waals surface area contributed by atoms with Gasteiger partial charge in [-0.25, -0.2) is 0 Å². The van der Waals surface area contributed by atoms with Gasteiger partial charge in [-0.15, -0.1) is 0 Å². The molecular formula is C27H34F3NO3. The molecule has 1 saturated heterocycles. The minimum atomic E-state index is -4.52. The first kappa shape index (κ1) is 24.8. The quantitative estimate of drug-likeness (QED) is 0.472. The summed E-state index contributed by atoms with van der Waals surface area (Å²) in [5.74, 6) is -0.297. The highest BCUT2D eigenvalue weighted by molar-refractivity contribution is 5.89. The maximum atomic E-state index is 14.1. The molecule has 0 spiro atoms. The minimum Gasteiger partial charge on any atom is -0.490 e. The van der Waals surface area contributed by atoms with E-state index in [1.807, 2.05) is 0 Å². The van der Waals surface area contributed by atoms with Crippen molar-refractivity contribution in [1.29, 1.82) is 0 Å². The summed E-state index contributed by atoms with van der Waals surface area (Å²) in [5, 5.41) is 13.4. The fourth-order valence-corrected chi connectivity index (χ4v) is 5.65. The molecule has 0 unspecified atom stereocenters. The molecule has 0 aromatic heterocycles. The number of nitrogens with one attached hydrogen (secondary N) is 1. The van der Waals surface area contributed by atoms with Gasteiger partial charge in [-0.2, -0.15) is 13.2 Å². The largest absolute Gasteiger partial charge is 0.490 e. The lowest BCUT2D eigenvalue weighted by Gasteiger charge is -2.36. The Labute approximate surface area is 198 Å². The van der Waals surface area contributed by atoms with Crippen LogP contribution in [0.15, 0.2) is 30.3 Å². The van der Waals surface area contributed by atoms with E-state index >= 15 is 0 Å². The van der Waals surface area contributed by atoms with Crippen LogP contribution in [0, 0.1) is 11.3 Å². The van der Waals surface area contributed by atoms with Crippen molar-refractivity contribution in [2.24, 2.45) is 11.3 Å². The summed E-state index contributed by atoms with van der Waals surface area (Å²) in [6, 6.07) is 8.27. The van der Waals surface area contributed by atoms with Gasteiger partial charge in [0.2, 0.25) is 0 Å². The van der Waals surface area contributed by atoms with Crippen LogP contribution in [0.2, 0.25) is 0 Å². The van der Waals surface area contributed by atoms with E-state index in [0.717, 1.165) is 50.6 Å². The standard InChI is InChI=1S/C27H34F3NO3/c1-18-3-7-21(8-4-18)34-23-10-6-20-15-19(5-9-22(20)25(23)27(28,29)30)11-13-26(16-24(32)33)12-2-14-31-17-26/h5-6,9-10,15,18,21,31H,2-4,7-8,11-14,16-17H2,1H3,(H,32,33)/t18-,21+,26-/m0/s1. The number of fused-ring (bicyclic) bond motifs is 1. The molecular weight excluding hydrogens is 443 g/mol. The molecule has 1 atom stereocenters. The summed E-state index contributed by atoms with van der Waals surface area (Å²) in [6.07, 6.45) is 2.01. The van der Waals surface area contributed by atoms with Crippen molar-refractivity contribution in [1.82, 2.24) is 5.32 Å². The molecule has 2 fully saturated rings. The number of aliphatic carboxylic acids is 1. The Balaban J connectivity index is 1.57. The maximum absolute atomic E-state index is 14.1. The Bertz CT molecular complexity index is 1010. The van der Waals surface area contributed by atoms with Crippen LogP contribution in [0.3, 0.4) is 0 Å². The van der Waals surface area contributed by atoms with Gasteiger partial charge >= 0.3 is 12.1 Å². The topological polar surface area (TPSA) is 58.6 Å². The summed E-state index contributed by atoms with van der Waals surface area (Å²) < 4.78 is 48.2. The van der Waals surface area contributed by atoms with Crippen LogP contribution in [-0.4, -0.2) is 30.3 Å². The third kappa shape index (κ3) is 5.85. The number of carboxylic acid groups (broad SMARTS) is 1. The number of aryl methyl sites for hydroxylation is 1. The number of piperidine rings is 1. The molecule has 1 aliphatic carbocycles. The predicted octanol–water partition coefficient (Wildman–Crippen LogP) is 6.59. The van der Waals surface area contributed by atoms with Gasteiger partial charge in [0.25, 0.3) is 0 Å². The van der Waals surface area contributed by atoms with E-state index < -0.39 is 17.7 Å². The molecule has 2 aromatic carbocycles. The van der Waals surface area contributed by atoms with Crippen LogP contribution < -0.4 is 10.1 Å². The zero-order chi connectivity index (χ0) is 24.3. The van der Waals surface area contributed by atoms with E-state index in [4.69, 9.17) is 4.74 Å². The van der Waals surface area contributed by atoms with Gasteiger partial charge in [0.15, 0.2) is 0 Å². The second-order valence-electron chi connectivity index (χ2n) is 10.3. The Morgan fingerprint density at radius 3 is 2.59 bits per heavy atom. The highest BCUT2D eigenvalue weighted by atomic mass is 19.4. The van der Waals surface area contributed by atoms with Crippen molar-refractivity contribution in [2.45, 2.75) is 77.0 Å². The minimum absolute atomic E-state index is 0.0824. The molecule has 4 nitrogen and oxygen atoms in total. The fourth-order valence-electron chi connectivity index (χ4n) is 5.65. The van der Waals surface area contributed by atoms with Gasteiger partial charge in [0.1, 0.15) is 11.3 Å². The van der Waals surface area contributed by atoms with Crippen molar-refractivity contribution in [2.75, 3.05) is 13.1 Å². The number of carboxylic acids is 1. The molecule has 2 N–H and O–H groups in total. The van der Waals surface area contributed by atoms with Crippen molar-refractivity contribution >= 4 is 16.7 Å². The summed E-state index contributed by atoms with van der Waals surface area (Å²) in [6.45, 7) is 3.72. The number of alkyl halides is 3. The number of ether oxygens (including phenoxy) is 1. The van der Waals surface area contributed by atoms with E-state index in [-0.39, 0.29) is 29.1 Å². The Morgan fingerprint density at radius 1 is 1.18 bits per heavy atom. The van der Waals surface area contributed by atoms with Crippen LogP contribution in [-0.2, 0) is 17.4 Å². The zero-order valence-corrected chi connectivity index (χ0v) is 19.7. The van der Waals surface area contributed by atoms with Crippen molar-refractivity contribution in [3.05, 3.63) is 41.5 Å². The lowest BCUT2D eigenvalue weighted by molar-refractivity contribution is -0.140. The molecule has 1 aliphatic heterocycles. The predicted molar refractivity (Wildman–Crippen MR) is 126 cm³/mol. The van der Waals surface area contributed by atoms with Gasteiger partial charge in [0.05, 0.1) is 12.5 Å². The van der Waals surface area contributed by atoms with E-state index in [2.05, 4.69) is 12.2 Å². The summed E-state index contributed by atoms with van der Waals surface area (Å²) >= 11 is 0. The van der Waals surface area contributed by atoms with Crippen LogP contribution >= 0.6 is 0 Å². The molecule has 0 bridgehead atoms. The molecule has 186 valence electrons. The highest BCUT2D eigenvalue weighted by Gasteiger charge is 2.38. The van der Waals surface area contributed by atoms with E-state index in [1.54, 1.807) is 24.3 Å². The number of rotatable bonds is 7. The molecule has 2 aromatic rings. The monoisotopic (exact) mass is 477 g/mol. The maximum Gasteiger partial charge on any atom is 0.420 e. The summed E-state index contributed by atoms with van der Waals surface area (Å²) in [4.78, 5) is 11.4. The fraction of sp³-hybridized carbons (Fsp3) is 0.593. The number of hydrogen-bond donors (Lipinski definition) is 2. The molecule has 34 heavy (non-hydrogen) atoms. The SMILES string of the molecule is C[C@H]1CC[C@@H](Oc2ccc3cc(CC[C@]4(CC(=O)O)CCCNC4)ccc3c2C(F)(F)F)CC1. The smallest absolute Gasteiger partial charge is 0.420 e. The number of benzene rings is 2. The van der Waals surface area contributed by atoms with Crippen LogP contribution in [0.25, 0.3) is 10.8 Å². The zero-order valence-electron chi connectivity index (χ0n) is 19.7. The Hall–Kier alpha value is -2.28. The second-order valence-corrected chi connectivity index (χ2v) is 10.3. The molecule has 0 amide bonds. The lowest BCUT2D eigenvalue weighted by atomic mass is 9.73. The van der Waals surface area contributed by atoms with Crippen molar-refractivity contribution < 1.29 is 27.8 Å². The third-order valence-corrected chi connectivity index (χ3v) is 7.62. The van der Waals surface area contributed by atoms with Gasteiger partial charge in [-0.1, -0.05) is 31.2 Å². The average molecular weight is 478 g/mol. The number of halogens is 3. The van der Waals surface area contributed by atoms with Crippen LogP contribution in [0.4, 0.5) is 13.2 Å². The van der Waals surface area contributed by atoms with E-state index in [9.17, 15) is 23.1 Å². The first-order chi connectivity index (χ1) is 16.2. The normalized spacial score (nSPS) is 25.9. The summed E-state index contributed by atoms with van der Waals surface area (Å²) in [7, 11) is 0. The molecule has 7 heteroatoms. The number of carbonyl (C=O) groups is 1.